The molecular weight excluding hydrogens is 330 g/mol. The van der Waals surface area contributed by atoms with Gasteiger partial charge in [0.1, 0.15) is 11.0 Å². The maximum Gasteiger partial charge on any atom is 0.124 e. The van der Waals surface area contributed by atoms with Gasteiger partial charge in [0.25, 0.3) is 0 Å². The molecule has 100 valence electrons. The zero-order valence-electron chi connectivity index (χ0n) is 10.3. The van der Waals surface area contributed by atoms with Crippen LogP contribution in [-0.2, 0) is 0 Å². The second-order valence-electron chi connectivity index (χ2n) is 4.26. The number of fused-ring (bicyclic) bond motifs is 2. The van der Waals surface area contributed by atoms with Crippen LogP contribution in [-0.4, -0.2) is 15.8 Å². The quantitative estimate of drug-likeness (QED) is 0.537. The Hall–Kier alpha value is -1.21. The van der Waals surface area contributed by atoms with Crippen LogP contribution < -0.4 is 5.32 Å². The van der Waals surface area contributed by atoms with Gasteiger partial charge in [0.15, 0.2) is 0 Å². The minimum Gasteiger partial charge on any atom is -0.380 e. The van der Waals surface area contributed by atoms with E-state index in [1.165, 1.54) is 31.0 Å². The SMILES string of the molecule is CNc1cc2sc(-c3ccc(Cl)c4nsnc34)cc2s1. The third-order valence-electron chi connectivity index (χ3n) is 3.09. The van der Waals surface area contributed by atoms with E-state index < -0.39 is 0 Å². The van der Waals surface area contributed by atoms with E-state index in [1.54, 1.807) is 22.7 Å². The summed E-state index contributed by atoms with van der Waals surface area (Å²) < 4.78 is 11.2. The number of rotatable bonds is 2. The van der Waals surface area contributed by atoms with Crippen molar-refractivity contribution < 1.29 is 0 Å². The molecule has 7 heteroatoms. The van der Waals surface area contributed by atoms with Gasteiger partial charge in [0.05, 0.1) is 21.8 Å². The highest BCUT2D eigenvalue weighted by Crippen LogP contribution is 2.42. The number of benzene rings is 1. The lowest BCUT2D eigenvalue weighted by molar-refractivity contribution is 1.60. The molecule has 0 radical (unpaired) electrons. The Morgan fingerprint density at radius 3 is 2.65 bits per heavy atom. The predicted octanol–water partition coefficient (Wildman–Crippen LogP) is 5.33. The Labute approximate surface area is 132 Å². The average molecular weight is 338 g/mol. The fourth-order valence-electron chi connectivity index (χ4n) is 2.13. The van der Waals surface area contributed by atoms with Crippen molar-refractivity contribution in [1.29, 1.82) is 0 Å². The summed E-state index contributed by atoms with van der Waals surface area (Å²) in [4.78, 5) is 1.21. The second kappa shape index (κ2) is 4.66. The molecule has 20 heavy (non-hydrogen) atoms. The van der Waals surface area contributed by atoms with Gasteiger partial charge < -0.3 is 5.32 Å². The molecule has 0 aliphatic carbocycles. The highest BCUT2D eigenvalue weighted by Gasteiger charge is 2.14. The van der Waals surface area contributed by atoms with Crippen molar-refractivity contribution in [3.63, 3.8) is 0 Å². The van der Waals surface area contributed by atoms with Gasteiger partial charge in [0, 0.05) is 26.9 Å². The number of hydrogen-bond acceptors (Lipinski definition) is 6. The summed E-state index contributed by atoms with van der Waals surface area (Å²) in [7, 11) is 1.94. The lowest BCUT2D eigenvalue weighted by atomic mass is 10.1. The van der Waals surface area contributed by atoms with Crippen molar-refractivity contribution in [2.45, 2.75) is 0 Å². The van der Waals surface area contributed by atoms with Gasteiger partial charge in [-0.15, -0.1) is 22.7 Å². The lowest BCUT2D eigenvalue weighted by Crippen LogP contribution is -1.80. The highest BCUT2D eigenvalue weighted by atomic mass is 35.5. The Morgan fingerprint density at radius 2 is 1.85 bits per heavy atom. The minimum absolute atomic E-state index is 0.660. The molecule has 1 aromatic carbocycles. The molecule has 1 N–H and O–H groups in total. The first kappa shape index (κ1) is 12.5. The molecule has 0 aliphatic heterocycles. The Bertz CT molecular complexity index is 890. The molecule has 0 bridgehead atoms. The molecule has 0 amide bonds. The van der Waals surface area contributed by atoms with Crippen molar-refractivity contribution in [3.8, 4) is 10.4 Å². The number of anilines is 1. The summed E-state index contributed by atoms with van der Waals surface area (Å²) in [5, 5.41) is 5.03. The predicted molar refractivity (Wildman–Crippen MR) is 90.7 cm³/mol. The Morgan fingerprint density at radius 1 is 1.05 bits per heavy atom. The van der Waals surface area contributed by atoms with E-state index in [-0.39, 0.29) is 0 Å². The molecule has 4 rings (SSSR count). The van der Waals surface area contributed by atoms with E-state index in [9.17, 15) is 0 Å². The normalized spacial score (nSPS) is 11.5. The van der Waals surface area contributed by atoms with Crippen LogP contribution in [0.15, 0.2) is 24.3 Å². The van der Waals surface area contributed by atoms with Crippen molar-refractivity contribution in [1.82, 2.24) is 8.75 Å². The van der Waals surface area contributed by atoms with E-state index in [2.05, 4.69) is 26.2 Å². The third kappa shape index (κ3) is 1.83. The molecule has 3 aromatic heterocycles. The fraction of sp³-hybridized carbons (Fsp3) is 0.0769. The average Bonchev–Trinajstić information content (AvgIpc) is 3.12. The summed E-state index contributed by atoms with van der Waals surface area (Å²) in [6.45, 7) is 0. The first-order valence-electron chi connectivity index (χ1n) is 5.88. The van der Waals surface area contributed by atoms with E-state index in [1.807, 2.05) is 19.2 Å². The topological polar surface area (TPSA) is 37.8 Å². The first-order chi connectivity index (χ1) is 9.76. The van der Waals surface area contributed by atoms with Crippen LogP contribution in [0.3, 0.4) is 0 Å². The van der Waals surface area contributed by atoms with Crippen LogP contribution in [0.2, 0.25) is 5.02 Å². The Kier molecular flexibility index (Phi) is 2.92. The van der Waals surface area contributed by atoms with Crippen molar-refractivity contribution in [2.75, 3.05) is 12.4 Å². The largest absolute Gasteiger partial charge is 0.380 e. The number of nitrogens with zero attached hydrogens (tertiary/aromatic N) is 2. The molecule has 3 nitrogen and oxygen atoms in total. The standard InChI is InChI=1S/C13H8ClN3S3/c1-15-11-5-10-9(19-11)4-8(18-10)6-2-3-7(14)13-12(6)16-20-17-13/h2-5,15H,1H3. The van der Waals surface area contributed by atoms with Crippen molar-refractivity contribution in [2.24, 2.45) is 0 Å². The number of halogens is 1. The molecule has 0 unspecified atom stereocenters. The molecule has 4 aromatic rings. The van der Waals surface area contributed by atoms with Gasteiger partial charge in [-0.2, -0.15) is 8.75 Å². The van der Waals surface area contributed by atoms with Gasteiger partial charge in [-0.25, -0.2) is 0 Å². The smallest absolute Gasteiger partial charge is 0.124 e. The molecule has 0 spiro atoms. The van der Waals surface area contributed by atoms with Gasteiger partial charge >= 0.3 is 0 Å². The van der Waals surface area contributed by atoms with E-state index >= 15 is 0 Å². The van der Waals surface area contributed by atoms with Gasteiger partial charge in [0.2, 0.25) is 0 Å². The number of nitrogens with one attached hydrogen (secondary N) is 1. The first-order valence-corrected chi connectivity index (χ1v) is 8.62. The molecule has 0 fully saturated rings. The maximum atomic E-state index is 6.16. The summed E-state index contributed by atoms with van der Waals surface area (Å²) in [6, 6.07) is 8.32. The monoisotopic (exact) mass is 337 g/mol. The van der Waals surface area contributed by atoms with Crippen LogP contribution in [0.25, 0.3) is 30.9 Å². The highest BCUT2D eigenvalue weighted by molar-refractivity contribution is 7.31. The van der Waals surface area contributed by atoms with E-state index in [0.717, 1.165) is 16.6 Å². The maximum absolute atomic E-state index is 6.16. The molecule has 0 saturated carbocycles. The number of aromatic nitrogens is 2. The van der Waals surface area contributed by atoms with Crippen LogP contribution >= 0.6 is 46.0 Å². The van der Waals surface area contributed by atoms with Gasteiger partial charge in [-0.05, 0) is 24.3 Å². The van der Waals surface area contributed by atoms with Gasteiger partial charge in [-0.1, -0.05) is 11.6 Å². The third-order valence-corrected chi connectivity index (χ3v) is 6.26. The molecule has 0 saturated heterocycles. The zero-order chi connectivity index (χ0) is 13.7. The zero-order valence-corrected chi connectivity index (χ0v) is 13.5. The lowest BCUT2D eigenvalue weighted by Gasteiger charge is -1.99. The summed E-state index contributed by atoms with van der Waals surface area (Å²) in [5.74, 6) is 0. The minimum atomic E-state index is 0.660. The molecule has 3 heterocycles. The van der Waals surface area contributed by atoms with Crippen LogP contribution in [0.1, 0.15) is 0 Å². The van der Waals surface area contributed by atoms with Crippen LogP contribution in [0.5, 0.6) is 0 Å². The summed E-state index contributed by atoms with van der Waals surface area (Å²) in [5.41, 5.74) is 2.80. The number of hydrogen-bond donors (Lipinski definition) is 1. The van der Waals surface area contributed by atoms with Crippen LogP contribution in [0.4, 0.5) is 5.00 Å². The molecular formula is C13H8ClN3S3. The Balaban J connectivity index is 1.94. The van der Waals surface area contributed by atoms with E-state index in [0.29, 0.717) is 5.02 Å². The van der Waals surface area contributed by atoms with Crippen molar-refractivity contribution >= 4 is 71.4 Å². The fourth-order valence-corrected chi connectivity index (χ4v) is 5.22. The molecule has 0 aliphatic rings. The van der Waals surface area contributed by atoms with Gasteiger partial charge in [-0.3, -0.25) is 0 Å². The summed E-state index contributed by atoms with van der Waals surface area (Å²) >= 11 is 10.9. The summed E-state index contributed by atoms with van der Waals surface area (Å²) in [6.07, 6.45) is 0. The number of thiophene rings is 2. The van der Waals surface area contributed by atoms with Crippen LogP contribution in [0, 0.1) is 0 Å². The van der Waals surface area contributed by atoms with E-state index in [4.69, 9.17) is 11.6 Å². The second-order valence-corrected chi connectivity index (χ2v) is 7.36. The van der Waals surface area contributed by atoms with Crippen molar-refractivity contribution in [3.05, 3.63) is 29.3 Å². The molecule has 0 atom stereocenters.